The highest BCUT2D eigenvalue weighted by Gasteiger charge is 2.24. The van der Waals surface area contributed by atoms with Crippen molar-refractivity contribution >= 4 is 11.8 Å². The van der Waals surface area contributed by atoms with Crippen LogP contribution in [0.5, 0.6) is 0 Å². The first kappa shape index (κ1) is 19.7. The molecule has 6 heteroatoms. The van der Waals surface area contributed by atoms with Gasteiger partial charge in [0.25, 0.3) is 5.91 Å². The van der Waals surface area contributed by atoms with Crippen LogP contribution in [0.2, 0.25) is 0 Å². The van der Waals surface area contributed by atoms with Crippen LogP contribution in [0.3, 0.4) is 0 Å². The SMILES string of the molecule is CC(NC(=O)CN1CCN(C(=O)c2ccoc2)CC1)c1ccc2c(c1)CCCC2. The van der Waals surface area contributed by atoms with Gasteiger partial charge in [-0.15, -0.1) is 0 Å². The Bertz CT molecular complexity index is 854. The van der Waals surface area contributed by atoms with Gasteiger partial charge >= 0.3 is 0 Å². The van der Waals surface area contributed by atoms with Crippen molar-refractivity contribution in [3.8, 4) is 0 Å². The molecule has 1 fully saturated rings. The van der Waals surface area contributed by atoms with Crippen LogP contribution >= 0.6 is 0 Å². The maximum atomic E-state index is 12.5. The molecule has 29 heavy (non-hydrogen) atoms. The molecule has 1 aliphatic heterocycles. The van der Waals surface area contributed by atoms with Crippen molar-refractivity contribution in [3.63, 3.8) is 0 Å². The van der Waals surface area contributed by atoms with Gasteiger partial charge in [-0.2, -0.15) is 0 Å². The fourth-order valence-electron chi connectivity index (χ4n) is 4.27. The minimum Gasteiger partial charge on any atom is -0.472 e. The zero-order valence-corrected chi connectivity index (χ0v) is 17.0. The molecule has 154 valence electrons. The van der Waals surface area contributed by atoms with Gasteiger partial charge in [-0.3, -0.25) is 14.5 Å². The molecule has 6 nitrogen and oxygen atoms in total. The zero-order chi connectivity index (χ0) is 20.2. The van der Waals surface area contributed by atoms with Gasteiger partial charge < -0.3 is 14.6 Å². The molecule has 4 rings (SSSR count). The highest BCUT2D eigenvalue weighted by atomic mass is 16.3. The van der Waals surface area contributed by atoms with Crippen LogP contribution in [-0.4, -0.2) is 54.3 Å². The number of hydrogen-bond donors (Lipinski definition) is 1. The topological polar surface area (TPSA) is 65.8 Å². The Morgan fingerprint density at radius 3 is 2.55 bits per heavy atom. The molecule has 1 aromatic carbocycles. The van der Waals surface area contributed by atoms with Gasteiger partial charge in [0.05, 0.1) is 24.4 Å². The molecule has 1 aliphatic carbocycles. The van der Waals surface area contributed by atoms with E-state index in [1.165, 1.54) is 48.5 Å². The number of hydrogen-bond acceptors (Lipinski definition) is 4. The standard InChI is InChI=1S/C23H29N3O3/c1-17(19-7-6-18-4-2-3-5-20(18)14-19)24-22(27)15-25-9-11-26(12-10-25)23(28)21-8-13-29-16-21/h6-8,13-14,16-17H,2-5,9-12,15H2,1H3,(H,24,27). The van der Waals surface area contributed by atoms with Crippen LogP contribution in [0.4, 0.5) is 0 Å². The average Bonchev–Trinajstić information content (AvgIpc) is 3.28. The van der Waals surface area contributed by atoms with E-state index in [1.54, 1.807) is 6.07 Å². The Hall–Kier alpha value is -2.60. The molecule has 0 radical (unpaired) electrons. The predicted octanol–water partition coefficient (Wildman–Crippen LogP) is 2.79. The molecule has 1 N–H and O–H groups in total. The van der Waals surface area contributed by atoms with E-state index in [-0.39, 0.29) is 17.9 Å². The lowest BCUT2D eigenvalue weighted by atomic mass is 9.89. The lowest BCUT2D eigenvalue weighted by Gasteiger charge is -2.34. The third-order valence-electron chi connectivity index (χ3n) is 6.04. The number of nitrogens with one attached hydrogen (secondary N) is 1. The third-order valence-corrected chi connectivity index (χ3v) is 6.04. The molecule has 2 aliphatic rings. The molecule has 0 saturated carbocycles. The number of carbonyl (C=O) groups excluding carboxylic acids is 2. The summed E-state index contributed by atoms with van der Waals surface area (Å²) in [4.78, 5) is 28.8. The molecule has 1 unspecified atom stereocenters. The van der Waals surface area contributed by atoms with Crippen LogP contribution in [0, 0.1) is 0 Å². The maximum absolute atomic E-state index is 12.5. The van der Waals surface area contributed by atoms with Crippen molar-refractivity contribution < 1.29 is 14.0 Å². The van der Waals surface area contributed by atoms with Crippen LogP contribution in [0.1, 0.15) is 52.9 Å². The first-order valence-corrected chi connectivity index (χ1v) is 10.5. The van der Waals surface area contributed by atoms with E-state index in [9.17, 15) is 9.59 Å². The summed E-state index contributed by atoms with van der Waals surface area (Å²) in [6.45, 7) is 5.05. The lowest BCUT2D eigenvalue weighted by molar-refractivity contribution is -0.123. The second-order valence-corrected chi connectivity index (χ2v) is 8.10. The normalized spacial score (nSPS) is 18.2. The number of fused-ring (bicyclic) bond motifs is 1. The second kappa shape index (κ2) is 8.82. The second-order valence-electron chi connectivity index (χ2n) is 8.10. The van der Waals surface area contributed by atoms with Gasteiger partial charge in [-0.1, -0.05) is 18.2 Å². The molecular formula is C23H29N3O3. The Kier molecular flexibility index (Phi) is 6.00. The molecule has 0 spiro atoms. The van der Waals surface area contributed by atoms with E-state index in [4.69, 9.17) is 4.42 Å². The fourth-order valence-corrected chi connectivity index (χ4v) is 4.27. The number of rotatable bonds is 5. The minimum absolute atomic E-state index is 0.00122. The Morgan fingerprint density at radius 2 is 1.83 bits per heavy atom. The van der Waals surface area contributed by atoms with Crippen molar-refractivity contribution in [1.29, 1.82) is 0 Å². The Labute approximate surface area is 171 Å². The molecule has 1 atom stereocenters. The van der Waals surface area contributed by atoms with Crippen molar-refractivity contribution in [2.45, 2.75) is 38.6 Å². The Balaban J connectivity index is 1.25. The number of piperazine rings is 1. The number of carbonyl (C=O) groups is 2. The summed E-state index contributed by atoms with van der Waals surface area (Å²) in [6, 6.07) is 8.32. The number of nitrogens with zero attached hydrogens (tertiary/aromatic N) is 2. The van der Waals surface area contributed by atoms with Gasteiger partial charge in [0.15, 0.2) is 0 Å². The average molecular weight is 396 g/mol. The summed E-state index contributed by atoms with van der Waals surface area (Å²) in [5.41, 5.74) is 4.65. The van der Waals surface area contributed by atoms with Crippen molar-refractivity contribution in [3.05, 3.63) is 59.0 Å². The van der Waals surface area contributed by atoms with E-state index in [0.717, 1.165) is 6.42 Å². The monoisotopic (exact) mass is 395 g/mol. The lowest BCUT2D eigenvalue weighted by Crippen LogP contribution is -2.51. The smallest absolute Gasteiger partial charge is 0.257 e. The quantitative estimate of drug-likeness (QED) is 0.846. The highest BCUT2D eigenvalue weighted by Crippen LogP contribution is 2.24. The maximum Gasteiger partial charge on any atom is 0.257 e. The molecule has 2 aromatic rings. The molecule has 2 amide bonds. The van der Waals surface area contributed by atoms with Crippen LogP contribution in [0.15, 0.2) is 41.2 Å². The van der Waals surface area contributed by atoms with Gasteiger partial charge in [0, 0.05) is 26.2 Å². The highest BCUT2D eigenvalue weighted by molar-refractivity contribution is 5.93. The number of amides is 2. The minimum atomic E-state index is -0.0103. The summed E-state index contributed by atoms with van der Waals surface area (Å²) >= 11 is 0. The number of benzene rings is 1. The van der Waals surface area contributed by atoms with E-state index >= 15 is 0 Å². The van der Waals surface area contributed by atoms with Crippen LogP contribution in [0.25, 0.3) is 0 Å². The van der Waals surface area contributed by atoms with Gasteiger partial charge in [0.2, 0.25) is 5.91 Å². The Morgan fingerprint density at radius 1 is 1.07 bits per heavy atom. The summed E-state index contributed by atoms with van der Waals surface area (Å²) in [6.07, 6.45) is 7.84. The molecule has 2 heterocycles. The van der Waals surface area contributed by atoms with E-state index < -0.39 is 0 Å². The van der Waals surface area contributed by atoms with Crippen LogP contribution < -0.4 is 5.32 Å². The molecule has 0 bridgehead atoms. The van der Waals surface area contributed by atoms with E-state index in [1.807, 2.05) is 11.8 Å². The molecule has 1 saturated heterocycles. The number of aryl methyl sites for hydroxylation is 2. The summed E-state index contributed by atoms with van der Waals surface area (Å²) < 4.78 is 4.99. The van der Waals surface area contributed by atoms with Gasteiger partial charge in [0.1, 0.15) is 6.26 Å². The zero-order valence-electron chi connectivity index (χ0n) is 17.0. The first-order valence-electron chi connectivity index (χ1n) is 10.5. The summed E-state index contributed by atoms with van der Waals surface area (Å²) in [5.74, 6) is 0.0220. The van der Waals surface area contributed by atoms with Crippen LogP contribution in [-0.2, 0) is 17.6 Å². The predicted molar refractivity (Wildman–Crippen MR) is 111 cm³/mol. The van der Waals surface area contributed by atoms with Crippen molar-refractivity contribution in [1.82, 2.24) is 15.1 Å². The molecular weight excluding hydrogens is 366 g/mol. The summed E-state index contributed by atoms with van der Waals surface area (Å²) in [5, 5.41) is 3.13. The van der Waals surface area contributed by atoms with Crippen molar-refractivity contribution in [2.75, 3.05) is 32.7 Å². The largest absolute Gasteiger partial charge is 0.472 e. The number of furan rings is 1. The van der Waals surface area contributed by atoms with E-state index in [0.29, 0.717) is 38.3 Å². The van der Waals surface area contributed by atoms with Gasteiger partial charge in [-0.05, 0) is 55.4 Å². The first-order chi connectivity index (χ1) is 14.1. The van der Waals surface area contributed by atoms with Gasteiger partial charge in [-0.25, -0.2) is 0 Å². The summed E-state index contributed by atoms with van der Waals surface area (Å²) in [7, 11) is 0. The molecule has 1 aromatic heterocycles. The fraction of sp³-hybridized carbons (Fsp3) is 0.478. The third kappa shape index (κ3) is 4.70. The van der Waals surface area contributed by atoms with Crippen molar-refractivity contribution in [2.24, 2.45) is 0 Å². The van der Waals surface area contributed by atoms with E-state index in [2.05, 4.69) is 28.4 Å².